The average Bonchev–Trinajstić information content (AvgIpc) is 2.64. The van der Waals surface area contributed by atoms with Crippen LogP contribution in [0.15, 0.2) is 18.9 Å². The molecule has 0 N–H and O–H groups in total. The summed E-state index contributed by atoms with van der Waals surface area (Å²) in [6.45, 7) is 14.0. The Bertz CT molecular complexity index is 319. The van der Waals surface area contributed by atoms with Crippen LogP contribution in [0.1, 0.15) is 51.8 Å². The number of hydrogen-bond donors (Lipinski definition) is 0. The van der Waals surface area contributed by atoms with Crippen LogP contribution >= 0.6 is 0 Å². The Morgan fingerprint density at radius 3 is 2.40 bits per heavy atom. The molecule has 1 rings (SSSR count). The van der Waals surface area contributed by atoms with Gasteiger partial charge < -0.3 is 0 Å². The van der Waals surface area contributed by atoms with Gasteiger partial charge in [-0.25, -0.2) is 4.68 Å². The summed E-state index contributed by atoms with van der Waals surface area (Å²) in [6, 6.07) is 0. The van der Waals surface area contributed by atoms with Crippen molar-refractivity contribution in [3.63, 3.8) is 0 Å². The van der Waals surface area contributed by atoms with Crippen molar-refractivity contribution in [3.05, 3.63) is 30.1 Å². The van der Waals surface area contributed by atoms with Crippen LogP contribution in [0.4, 0.5) is 0 Å². The van der Waals surface area contributed by atoms with E-state index in [2.05, 4.69) is 31.6 Å². The lowest BCUT2D eigenvalue weighted by molar-refractivity contribution is 0.861. The summed E-state index contributed by atoms with van der Waals surface area (Å²) in [4.78, 5) is 0. The fourth-order valence-electron chi connectivity index (χ4n) is 1.31. The highest BCUT2D eigenvalue weighted by Gasteiger charge is 2.08. The maximum Gasteiger partial charge on any atom is 0.0692 e. The molecule has 0 aliphatic rings. The van der Waals surface area contributed by atoms with Gasteiger partial charge in [0.15, 0.2) is 0 Å². The number of nitrogens with zero attached hydrogens (tertiary/aromatic N) is 2. The lowest BCUT2D eigenvalue weighted by Crippen LogP contribution is -1.94. The molecule has 0 aliphatic carbocycles. The van der Waals surface area contributed by atoms with E-state index in [0.717, 1.165) is 5.69 Å². The molecule has 0 atom stereocenters. The van der Waals surface area contributed by atoms with E-state index in [1.54, 1.807) is 10.9 Å². The Labute approximate surface area is 93.3 Å². The fraction of sp³-hybridized carbons (Fsp3) is 0.462. The van der Waals surface area contributed by atoms with Crippen molar-refractivity contribution in [2.75, 3.05) is 0 Å². The lowest BCUT2D eigenvalue weighted by Gasteiger charge is -2.03. The molecule has 0 fully saturated rings. The molecule has 0 bridgehead atoms. The van der Waals surface area contributed by atoms with Gasteiger partial charge in [0.25, 0.3) is 0 Å². The van der Waals surface area contributed by atoms with Crippen molar-refractivity contribution in [3.8, 4) is 0 Å². The Morgan fingerprint density at radius 2 is 2.00 bits per heavy atom. The molecule has 1 heterocycles. The lowest BCUT2D eigenvalue weighted by atomic mass is 10.0. The Balaban J connectivity index is 0.000000921. The van der Waals surface area contributed by atoms with Gasteiger partial charge in [-0.2, -0.15) is 5.10 Å². The highest BCUT2D eigenvalue weighted by atomic mass is 15.3. The van der Waals surface area contributed by atoms with Gasteiger partial charge in [0.2, 0.25) is 0 Å². The van der Waals surface area contributed by atoms with Crippen LogP contribution in [-0.2, 0) is 0 Å². The van der Waals surface area contributed by atoms with Crippen LogP contribution in [0.3, 0.4) is 0 Å². The molecule has 1 aromatic heterocycles. The second kappa shape index (κ2) is 7.04. The molecule has 2 nitrogen and oxygen atoms in total. The van der Waals surface area contributed by atoms with Crippen LogP contribution in [0, 0.1) is 0 Å². The normalized spacial score (nSPS) is 10.3. The van der Waals surface area contributed by atoms with E-state index in [4.69, 9.17) is 0 Å². The predicted molar refractivity (Wildman–Crippen MR) is 68.8 cm³/mol. The zero-order valence-electron chi connectivity index (χ0n) is 10.5. The van der Waals surface area contributed by atoms with Crippen molar-refractivity contribution in [1.82, 2.24) is 9.78 Å². The van der Waals surface area contributed by atoms with Crippen LogP contribution in [0.2, 0.25) is 0 Å². The molecule has 0 aromatic carbocycles. The zero-order chi connectivity index (χ0) is 11.8. The van der Waals surface area contributed by atoms with E-state index in [1.807, 2.05) is 33.0 Å². The van der Waals surface area contributed by atoms with E-state index >= 15 is 0 Å². The highest BCUT2D eigenvalue weighted by Crippen LogP contribution is 2.20. The minimum absolute atomic E-state index is 0.500. The first-order valence-electron chi connectivity index (χ1n) is 5.53. The van der Waals surface area contributed by atoms with Gasteiger partial charge in [0, 0.05) is 11.8 Å². The molecule has 2 heteroatoms. The molecular formula is C13H22N2. The smallest absolute Gasteiger partial charge is 0.0692 e. The van der Waals surface area contributed by atoms with E-state index in [-0.39, 0.29) is 0 Å². The predicted octanol–water partition coefficient (Wildman–Crippen LogP) is 4.17. The van der Waals surface area contributed by atoms with Crippen molar-refractivity contribution in [2.45, 2.75) is 40.5 Å². The molecule has 0 spiro atoms. The average molecular weight is 206 g/mol. The Kier molecular flexibility index (Phi) is 6.43. The van der Waals surface area contributed by atoms with Gasteiger partial charge in [0.1, 0.15) is 0 Å². The van der Waals surface area contributed by atoms with E-state index in [0.29, 0.717) is 5.92 Å². The number of allylic oxidation sites excluding steroid dienone is 1. The molecule has 0 radical (unpaired) electrons. The van der Waals surface area contributed by atoms with Gasteiger partial charge >= 0.3 is 0 Å². The summed E-state index contributed by atoms with van der Waals surface area (Å²) in [5.74, 6) is 0.500. The summed E-state index contributed by atoms with van der Waals surface area (Å²) in [6.07, 6.45) is 7.70. The molecule has 0 aliphatic heterocycles. The molecule has 15 heavy (non-hydrogen) atoms. The van der Waals surface area contributed by atoms with E-state index < -0.39 is 0 Å². The third-order valence-corrected chi connectivity index (χ3v) is 1.98. The molecule has 0 saturated heterocycles. The number of hydrogen-bond acceptors (Lipinski definition) is 1. The van der Waals surface area contributed by atoms with E-state index in [9.17, 15) is 0 Å². The Morgan fingerprint density at radius 1 is 1.40 bits per heavy atom. The van der Waals surface area contributed by atoms with Crippen LogP contribution < -0.4 is 0 Å². The van der Waals surface area contributed by atoms with Crippen LogP contribution in [-0.4, -0.2) is 9.78 Å². The molecule has 0 unspecified atom stereocenters. The third kappa shape index (κ3) is 3.39. The maximum absolute atomic E-state index is 4.22. The number of rotatable bonds is 3. The van der Waals surface area contributed by atoms with Gasteiger partial charge in [0.05, 0.1) is 11.9 Å². The van der Waals surface area contributed by atoms with Crippen molar-refractivity contribution in [1.29, 1.82) is 0 Å². The minimum Gasteiger partial charge on any atom is -0.241 e. The minimum atomic E-state index is 0.500. The fourth-order valence-corrected chi connectivity index (χ4v) is 1.31. The standard InChI is InChI=1S/C11H16N2.C2H6/c1-5-7-11-10(9(3)4)8-12-13(11)6-2;1-2/h5-9H,2H2,1,3-4H3;1-2H3/b7-5-;. The summed E-state index contributed by atoms with van der Waals surface area (Å²) in [5, 5.41) is 4.22. The van der Waals surface area contributed by atoms with Gasteiger partial charge in [-0.3, -0.25) is 0 Å². The molecule has 84 valence electrons. The first kappa shape index (κ1) is 13.7. The largest absolute Gasteiger partial charge is 0.241 e. The van der Waals surface area contributed by atoms with Crippen LogP contribution in [0.5, 0.6) is 0 Å². The topological polar surface area (TPSA) is 17.8 Å². The molecular weight excluding hydrogens is 184 g/mol. The summed E-state index contributed by atoms with van der Waals surface area (Å²) in [7, 11) is 0. The maximum atomic E-state index is 4.22. The summed E-state index contributed by atoms with van der Waals surface area (Å²) in [5.41, 5.74) is 2.39. The van der Waals surface area contributed by atoms with Crippen molar-refractivity contribution < 1.29 is 0 Å². The highest BCUT2D eigenvalue weighted by molar-refractivity contribution is 5.52. The second-order valence-corrected chi connectivity index (χ2v) is 3.27. The van der Waals surface area contributed by atoms with Gasteiger partial charge in [-0.15, -0.1) is 0 Å². The summed E-state index contributed by atoms with van der Waals surface area (Å²) >= 11 is 0. The molecule has 1 aromatic rings. The first-order chi connectivity index (χ1) is 7.20. The number of aromatic nitrogens is 2. The Hall–Kier alpha value is -1.31. The molecule has 0 amide bonds. The third-order valence-electron chi connectivity index (χ3n) is 1.98. The van der Waals surface area contributed by atoms with Gasteiger partial charge in [-0.05, 0) is 18.9 Å². The summed E-state index contributed by atoms with van der Waals surface area (Å²) < 4.78 is 1.80. The SMILES string of the molecule is C=Cn1ncc(C(C)C)c1/C=C\C.CC. The van der Waals surface area contributed by atoms with Crippen molar-refractivity contribution >= 4 is 12.3 Å². The van der Waals surface area contributed by atoms with Crippen molar-refractivity contribution in [2.24, 2.45) is 0 Å². The monoisotopic (exact) mass is 206 g/mol. The van der Waals surface area contributed by atoms with Crippen LogP contribution in [0.25, 0.3) is 12.3 Å². The van der Waals surface area contributed by atoms with Gasteiger partial charge in [-0.1, -0.05) is 40.3 Å². The second-order valence-electron chi connectivity index (χ2n) is 3.27. The first-order valence-corrected chi connectivity index (χ1v) is 5.53. The molecule has 0 saturated carbocycles. The quantitative estimate of drug-likeness (QED) is 0.726. The van der Waals surface area contributed by atoms with E-state index in [1.165, 1.54) is 5.56 Å². The zero-order valence-corrected chi connectivity index (χ0v) is 10.5.